The summed E-state index contributed by atoms with van der Waals surface area (Å²) in [6, 6.07) is 11.2. The second-order valence-electron chi connectivity index (χ2n) is 5.77. The van der Waals surface area contributed by atoms with Gasteiger partial charge in [0.05, 0.1) is 31.2 Å². The van der Waals surface area contributed by atoms with E-state index < -0.39 is 17.9 Å². The molecule has 28 heavy (non-hydrogen) atoms. The molecule has 1 atom stereocenters. The third-order valence-electron chi connectivity index (χ3n) is 3.78. The number of rotatable bonds is 9. The second kappa shape index (κ2) is 10.8. The Bertz CT molecular complexity index is 811. The molecule has 1 N–H and O–H groups in total. The number of methoxy groups -OCH3 is 1. The molecule has 0 saturated heterocycles. The van der Waals surface area contributed by atoms with Crippen LogP contribution in [-0.4, -0.2) is 32.2 Å². The van der Waals surface area contributed by atoms with Crippen molar-refractivity contribution < 1.29 is 23.8 Å². The Morgan fingerprint density at radius 1 is 1.11 bits per heavy atom. The van der Waals surface area contributed by atoms with Gasteiger partial charge in [-0.3, -0.25) is 9.59 Å². The molecule has 0 aliphatic heterocycles. The van der Waals surface area contributed by atoms with Gasteiger partial charge in [-0.15, -0.1) is 0 Å². The maximum absolute atomic E-state index is 12.4. The summed E-state index contributed by atoms with van der Waals surface area (Å²) < 4.78 is 15.6. The van der Waals surface area contributed by atoms with Gasteiger partial charge in [0.25, 0.3) is 5.91 Å². The average molecular weight is 426 g/mol. The van der Waals surface area contributed by atoms with Crippen LogP contribution in [-0.2, 0) is 14.3 Å². The summed E-state index contributed by atoms with van der Waals surface area (Å²) in [6.45, 7) is 1.72. The van der Waals surface area contributed by atoms with Gasteiger partial charge in [-0.05, 0) is 42.8 Å². The number of hydrogen-bond acceptors (Lipinski definition) is 5. The molecule has 150 valence electrons. The van der Waals surface area contributed by atoms with Crippen molar-refractivity contribution in [2.75, 3.05) is 20.3 Å². The first-order valence-electron chi connectivity index (χ1n) is 8.59. The van der Waals surface area contributed by atoms with E-state index in [4.69, 9.17) is 37.4 Å². The van der Waals surface area contributed by atoms with E-state index in [1.807, 2.05) is 0 Å². The predicted octanol–water partition coefficient (Wildman–Crippen LogP) is 4.19. The summed E-state index contributed by atoms with van der Waals surface area (Å²) in [6.07, 6.45) is -0.00634. The minimum Gasteiger partial charge on any atom is -0.497 e. The van der Waals surface area contributed by atoms with Crippen LogP contribution in [0.3, 0.4) is 0 Å². The third-order valence-corrected chi connectivity index (χ3v) is 4.31. The molecule has 0 radical (unpaired) electrons. The van der Waals surface area contributed by atoms with Crippen molar-refractivity contribution in [3.63, 3.8) is 0 Å². The lowest BCUT2D eigenvalue weighted by molar-refractivity contribution is -0.143. The van der Waals surface area contributed by atoms with Crippen molar-refractivity contribution in [1.29, 1.82) is 0 Å². The topological polar surface area (TPSA) is 73.9 Å². The number of halogens is 2. The fraction of sp³-hybridized carbons (Fsp3) is 0.300. The van der Waals surface area contributed by atoms with Crippen molar-refractivity contribution in [2.45, 2.75) is 19.4 Å². The highest BCUT2D eigenvalue weighted by atomic mass is 35.5. The van der Waals surface area contributed by atoms with Crippen molar-refractivity contribution in [3.8, 4) is 11.5 Å². The molecule has 8 heteroatoms. The van der Waals surface area contributed by atoms with Crippen molar-refractivity contribution in [2.24, 2.45) is 0 Å². The van der Waals surface area contributed by atoms with Crippen molar-refractivity contribution in [1.82, 2.24) is 5.32 Å². The fourth-order valence-corrected chi connectivity index (χ4v) is 2.91. The molecule has 2 rings (SSSR count). The number of hydrogen-bond donors (Lipinski definition) is 1. The van der Waals surface area contributed by atoms with Gasteiger partial charge < -0.3 is 19.5 Å². The molecular weight excluding hydrogens is 405 g/mol. The molecule has 1 amide bonds. The number of carbonyl (C=O) groups is 2. The van der Waals surface area contributed by atoms with Gasteiger partial charge in [0.2, 0.25) is 0 Å². The molecule has 0 fully saturated rings. The van der Waals surface area contributed by atoms with E-state index in [-0.39, 0.29) is 19.6 Å². The normalized spacial score (nSPS) is 11.4. The third kappa shape index (κ3) is 6.62. The quantitative estimate of drug-likeness (QED) is 0.609. The van der Waals surface area contributed by atoms with Gasteiger partial charge in [0, 0.05) is 5.02 Å². The van der Waals surface area contributed by atoms with Gasteiger partial charge in [0.15, 0.2) is 6.61 Å². The van der Waals surface area contributed by atoms with E-state index in [9.17, 15) is 9.59 Å². The minimum absolute atomic E-state index is 0.00634. The van der Waals surface area contributed by atoms with Gasteiger partial charge >= 0.3 is 5.97 Å². The monoisotopic (exact) mass is 425 g/mol. The summed E-state index contributed by atoms with van der Waals surface area (Å²) in [7, 11) is 1.56. The molecule has 0 heterocycles. The van der Waals surface area contributed by atoms with Crippen LogP contribution in [0.2, 0.25) is 10.0 Å². The van der Waals surface area contributed by atoms with Gasteiger partial charge in [-0.2, -0.15) is 0 Å². The Labute approximate surface area is 173 Å². The fourth-order valence-electron chi connectivity index (χ4n) is 2.45. The van der Waals surface area contributed by atoms with E-state index in [0.29, 0.717) is 21.5 Å². The average Bonchev–Trinajstić information content (AvgIpc) is 2.67. The lowest BCUT2D eigenvalue weighted by atomic mass is 10.0. The van der Waals surface area contributed by atoms with Crippen LogP contribution in [0.1, 0.15) is 24.9 Å². The molecule has 0 bridgehead atoms. The second-order valence-corrected chi connectivity index (χ2v) is 6.61. The van der Waals surface area contributed by atoms with Gasteiger partial charge in [-0.25, -0.2) is 0 Å². The van der Waals surface area contributed by atoms with Crippen LogP contribution < -0.4 is 14.8 Å². The first kappa shape index (κ1) is 21.9. The largest absolute Gasteiger partial charge is 0.497 e. The molecular formula is C20H21Cl2NO5. The number of nitrogens with one attached hydrogen (secondary N) is 1. The zero-order valence-electron chi connectivity index (χ0n) is 15.5. The Morgan fingerprint density at radius 2 is 1.82 bits per heavy atom. The Kier molecular flexibility index (Phi) is 8.42. The molecule has 0 saturated carbocycles. The SMILES string of the molecule is CCOC(=O)CC(NC(=O)COc1ccc(Cl)cc1Cl)c1ccc(OC)cc1. The molecule has 0 aliphatic carbocycles. The van der Waals surface area contributed by atoms with Gasteiger partial charge in [0.1, 0.15) is 11.5 Å². The number of esters is 1. The molecule has 1 unspecified atom stereocenters. The standard InChI is InChI=1S/C20H21Cl2NO5/c1-3-27-20(25)11-17(13-4-7-15(26-2)8-5-13)23-19(24)12-28-18-9-6-14(21)10-16(18)22/h4-10,17H,3,11-12H2,1-2H3,(H,23,24). The lowest BCUT2D eigenvalue weighted by Crippen LogP contribution is -2.34. The van der Waals surface area contributed by atoms with E-state index in [1.165, 1.54) is 6.07 Å². The Morgan fingerprint density at radius 3 is 2.43 bits per heavy atom. The zero-order valence-corrected chi connectivity index (χ0v) is 17.0. The van der Waals surface area contributed by atoms with Crippen LogP contribution in [0.25, 0.3) is 0 Å². The molecule has 0 spiro atoms. The van der Waals surface area contributed by atoms with Crippen LogP contribution in [0.5, 0.6) is 11.5 Å². The first-order valence-corrected chi connectivity index (χ1v) is 9.35. The Balaban J connectivity index is 2.04. The summed E-state index contributed by atoms with van der Waals surface area (Å²) in [4.78, 5) is 24.3. The van der Waals surface area contributed by atoms with Crippen LogP contribution in [0, 0.1) is 0 Å². The van der Waals surface area contributed by atoms with E-state index in [2.05, 4.69) is 5.32 Å². The van der Waals surface area contributed by atoms with E-state index in [0.717, 1.165) is 5.56 Å². The minimum atomic E-state index is -0.568. The number of amides is 1. The number of benzene rings is 2. The maximum atomic E-state index is 12.4. The van der Waals surface area contributed by atoms with Gasteiger partial charge in [-0.1, -0.05) is 35.3 Å². The predicted molar refractivity (Wildman–Crippen MR) is 107 cm³/mol. The molecule has 6 nitrogen and oxygen atoms in total. The first-order chi connectivity index (χ1) is 13.4. The van der Waals surface area contributed by atoms with E-state index in [1.54, 1.807) is 50.4 Å². The number of carbonyl (C=O) groups excluding carboxylic acids is 2. The summed E-state index contributed by atoms with van der Waals surface area (Å²) >= 11 is 11.9. The van der Waals surface area contributed by atoms with Crippen LogP contribution in [0.15, 0.2) is 42.5 Å². The molecule has 0 aromatic heterocycles. The van der Waals surface area contributed by atoms with E-state index >= 15 is 0 Å². The zero-order chi connectivity index (χ0) is 20.5. The maximum Gasteiger partial charge on any atom is 0.308 e. The number of ether oxygens (including phenoxy) is 3. The molecule has 0 aliphatic rings. The van der Waals surface area contributed by atoms with Crippen LogP contribution in [0.4, 0.5) is 0 Å². The molecule has 2 aromatic rings. The summed E-state index contributed by atoms with van der Waals surface area (Å²) in [5.41, 5.74) is 0.742. The highest BCUT2D eigenvalue weighted by Gasteiger charge is 2.20. The molecule has 2 aromatic carbocycles. The Hall–Kier alpha value is -2.44. The summed E-state index contributed by atoms with van der Waals surface area (Å²) in [5, 5.41) is 3.56. The highest BCUT2D eigenvalue weighted by Crippen LogP contribution is 2.27. The van der Waals surface area contributed by atoms with Crippen molar-refractivity contribution >= 4 is 35.1 Å². The summed E-state index contributed by atoms with van der Waals surface area (Å²) in [5.74, 6) is 0.194. The van der Waals surface area contributed by atoms with Crippen LogP contribution >= 0.6 is 23.2 Å². The highest BCUT2D eigenvalue weighted by molar-refractivity contribution is 6.35. The smallest absolute Gasteiger partial charge is 0.308 e. The van der Waals surface area contributed by atoms with Crippen molar-refractivity contribution in [3.05, 3.63) is 58.1 Å². The lowest BCUT2D eigenvalue weighted by Gasteiger charge is -2.19.